The van der Waals surface area contributed by atoms with Gasteiger partial charge in [-0.15, -0.1) is 47.0 Å². The van der Waals surface area contributed by atoms with E-state index in [4.69, 9.17) is 10.2 Å². The van der Waals surface area contributed by atoms with E-state index >= 15 is 0 Å². The van der Waals surface area contributed by atoms with Gasteiger partial charge in [0.15, 0.2) is 0 Å². The molecule has 3 rings (SSSR count). The highest BCUT2D eigenvalue weighted by atomic mass is 32.2. The number of hydrogen-bond acceptors (Lipinski definition) is 8. The lowest BCUT2D eigenvalue weighted by Gasteiger charge is -2.31. The quantitative estimate of drug-likeness (QED) is 0.198. The van der Waals surface area contributed by atoms with Crippen molar-refractivity contribution in [2.75, 3.05) is 59.2 Å². The summed E-state index contributed by atoms with van der Waals surface area (Å²) >= 11 is 13.2. The van der Waals surface area contributed by atoms with Gasteiger partial charge in [-0.2, -0.15) is 23.5 Å². The van der Waals surface area contributed by atoms with Crippen molar-refractivity contribution in [3.05, 3.63) is 0 Å². The molecule has 3 aliphatic rings. The van der Waals surface area contributed by atoms with Gasteiger partial charge in [0.2, 0.25) is 0 Å². The standard InChI is InChI=1S/C24H44O2S6/c25-11-3-1-9-23(29-13-14-30-23)19-27-17-21-5-7-22(8-6-21)18-28-20-24(10-2-4-12-26)31-15-16-32-24/h21-22,25-26H,1-20H2. The van der Waals surface area contributed by atoms with Crippen LogP contribution in [0.5, 0.6) is 0 Å². The summed E-state index contributed by atoms with van der Waals surface area (Å²) in [5, 5.41) is 18.3. The average molecular weight is 557 g/mol. The molecule has 0 amide bonds. The summed E-state index contributed by atoms with van der Waals surface area (Å²) in [5.41, 5.74) is 0. The third-order valence-electron chi connectivity index (χ3n) is 6.88. The number of aliphatic hydroxyl groups is 2. The fourth-order valence-electron chi connectivity index (χ4n) is 4.93. The van der Waals surface area contributed by atoms with Crippen molar-refractivity contribution < 1.29 is 10.2 Å². The van der Waals surface area contributed by atoms with Crippen LogP contribution < -0.4 is 0 Å². The molecule has 1 aliphatic carbocycles. The fraction of sp³-hybridized carbons (Fsp3) is 1.00. The molecule has 2 aliphatic heterocycles. The third-order valence-corrected chi connectivity index (χ3v) is 17.5. The Morgan fingerprint density at radius 1 is 0.594 bits per heavy atom. The van der Waals surface area contributed by atoms with E-state index in [1.807, 2.05) is 0 Å². The van der Waals surface area contributed by atoms with Gasteiger partial charge in [-0.25, -0.2) is 0 Å². The highest BCUT2D eigenvalue weighted by Crippen LogP contribution is 2.51. The lowest BCUT2D eigenvalue weighted by molar-refractivity contribution is 0.282. The molecular weight excluding hydrogens is 513 g/mol. The first kappa shape index (κ1) is 28.6. The minimum absolute atomic E-state index is 0.350. The van der Waals surface area contributed by atoms with Crippen LogP contribution in [0.4, 0.5) is 0 Å². The second-order valence-corrected chi connectivity index (χ2v) is 18.0. The van der Waals surface area contributed by atoms with Crippen LogP contribution in [-0.2, 0) is 0 Å². The van der Waals surface area contributed by atoms with Crippen LogP contribution in [0.1, 0.15) is 64.2 Å². The monoisotopic (exact) mass is 556 g/mol. The summed E-state index contributed by atoms with van der Waals surface area (Å²) in [6.07, 6.45) is 12.6. The normalized spacial score (nSPS) is 27.2. The molecule has 188 valence electrons. The van der Waals surface area contributed by atoms with Gasteiger partial charge in [0.25, 0.3) is 0 Å². The average Bonchev–Trinajstić information content (AvgIpc) is 3.46. The van der Waals surface area contributed by atoms with Gasteiger partial charge in [-0.1, -0.05) is 0 Å². The molecule has 0 aromatic rings. The summed E-state index contributed by atoms with van der Waals surface area (Å²) in [4.78, 5) is 0. The van der Waals surface area contributed by atoms with Crippen molar-refractivity contribution in [1.82, 2.24) is 0 Å². The summed E-state index contributed by atoms with van der Waals surface area (Å²) in [6.45, 7) is 0.699. The van der Waals surface area contributed by atoms with Gasteiger partial charge in [0, 0.05) is 47.7 Å². The summed E-state index contributed by atoms with van der Waals surface area (Å²) in [7, 11) is 0. The van der Waals surface area contributed by atoms with Gasteiger partial charge < -0.3 is 10.2 Å². The Hall–Kier alpha value is 2.02. The van der Waals surface area contributed by atoms with Crippen LogP contribution in [-0.4, -0.2) is 77.6 Å². The SMILES string of the molecule is OCCCCC1(CSCC2CCC(CSCC3(CCCCO)SCCS3)CC2)SCCS1. The van der Waals surface area contributed by atoms with Crippen LogP contribution in [0.15, 0.2) is 0 Å². The van der Waals surface area contributed by atoms with E-state index < -0.39 is 0 Å². The van der Waals surface area contributed by atoms with E-state index in [2.05, 4.69) is 70.6 Å². The number of unbranched alkanes of at least 4 members (excludes halogenated alkanes) is 2. The first-order valence-electron chi connectivity index (χ1n) is 12.6. The fourth-order valence-corrected chi connectivity index (χ4v) is 15.4. The van der Waals surface area contributed by atoms with Crippen molar-refractivity contribution in [3.8, 4) is 0 Å². The van der Waals surface area contributed by atoms with E-state index in [-0.39, 0.29) is 0 Å². The van der Waals surface area contributed by atoms with Gasteiger partial charge >= 0.3 is 0 Å². The number of rotatable bonds is 16. The van der Waals surface area contributed by atoms with Crippen LogP contribution in [0.3, 0.4) is 0 Å². The predicted octanol–water partition coefficient (Wildman–Crippen LogP) is 6.94. The molecule has 2 saturated heterocycles. The van der Waals surface area contributed by atoms with Crippen molar-refractivity contribution in [1.29, 1.82) is 0 Å². The second kappa shape index (κ2) is 16.0. The van der Waals surface area contributed by atoms with Crippen molar-refractivity contribution >= 4 is 70.6 Å². The molecule has 2 N–H and O–H groups in total. The van der Waals surface area contributed by atoms with Gasteiger partial charge in [-0.05, 0) is 87.5 Å². The summed E-state index contributed by atoms with van der Waals surface area (Å²) < 4.78 is 0.883. The molecule has 0 atom stereocenters. The second-order valence-electron chi connectivity index (χ2n) is 9.49. The van der Waals surface area contributed by atoms with Gasteiger partial charge in [-0.3, -0.25) is 0 Å². The Kier molecular flexibility index (Phi) is 14.3. The maximum absolute atomic E-state index is 9.13. The Labute approximate surface area is 222 Å². The molecule has 0 unspecified atom stereocenters. The predicted molar refractivity (Wildman–Crippen MR) is 157 cm³/mol. The minimum atomic E-state index is 0.350. The zero-order valence-electron chi connectivity index (χ0n) is 19.6. The van der Waals surface area contributed by atoms with Crippen LogP contribution >= 0.6 is 70.6 Å². The van der Waals surface area contributed by atoms with Crippen molar-refractivity contribution in [3.63, 3.8) is 0 Å². The van der Waals surface area contributed by atoms with Gasteiger partial charge in [0.1, 0.15) is 0 Å². The highest BCUT2D eigenvalue weighted by molar-refractivity contribution is 8.22. The van der Waals surface area contributed by atoms with Crippen LogP contribution in [0.2, 0.25) is 0 Å². The summed E-state index contributed by atoms with van der Waals surface area (Å²) in [6, 6.07) is 0. The zero-order chi connectivity index (χ0) is 22.5. The lowest BCUT2D eigenvalue weighted by Crippen LogP contribution is -2.24. The Morgan fingerprint density at radius 2 is 0.969 bits per heavy atom. The van der Waals surface area contributed by atoms with Crippen LogP contribution in [0, 0.1) is 11.8 Å². The topological polar surface area (TPSA) is 40.5 Å². The largest absolute Gasteiger partial charge is 0.396 e. The third kappa shape index (κ3) is 9.82. The summed E-state index contributed by atoms with van der Waals surface area (Å²) in [5.74, 6) is 12.5. The zero-order valence-corrected chi connectivity index (χ0v) is 24.5. The molecule has 3 fully saturated rings. The molecule has 2 heterocycles. The molecule has 1 saturated carbocycles. The molecule has 0 aromatic heterocycles. The number of aliphatic hydroxyl groups excluding tert-OH is 2. The molecule has 0 radical (unpaired) electrons. The lowest BCUT2D eigenvalue weighted by atomic mass is 9.84. The molecule has 0 bridgehead atoms. The number of hydrogen-bond donors (Lipinski definition) is 2. The Morgan fingerprint density at radius 3 is 1.31 bits per heavy atom. The maximum Gasteiger partial charge on any atom is 0.0701 e. The van der Waals surface area contributed by atoms with E-state index in [1.54, 1.807) is 0 Å². The van der Waals surface area contributed by atoms with Gasteiger partial charge in [0.05, 0.1) is 8.16 Å². The molecule has 0 spiro atoms. The van der Waals surface area contributed by atoms with E-state index in [1.165, 1.54) is 97.4 Å². The van der Waals surface area contributed by atoms with E-state index in [0.29, 0.717) is 21.4 Å². The molecule has 2 nitrogen and oxygen atoms in total. The highest BCUT2D eigenvalue weighted by Gasteiger charge is 2.36. The minimum Gasteiger partial charge on any atom is -0.396 e. The van der Waals surface area contributed by atoms with Crippen LogP contribution in [0.25, 0.3) is 0 Å². The molecular formula is C24H44O2S6. The number of thioether (sulfide) groups is 6. The maximum atomic E-state index is 9.13. The van der Waals surface area contributed by atoms with E-state index in [0.717, 1.165) is 24.7 Å². The smallest absolute Gasteiger partial charge is 0.0701 e. The Bertz CT molecular complexity index is 445. The first-order chi connectivity index (χ1) is 15.7. The Balaban J connectivity index is 1.28. The van der Waals surface area contributed by atoms with E-state index in [9.17, 15) is 0 Å². The molecule has 8 heteroatoms. The van der Waals surface area contributed by atoms with Crippen molar-refractivity contribution in [2.24, 2.45) is 11.8 Å². The molecule has 0 aromatic carbocycles. The van der Waals surface area contributed by atoms with Crippen molar-refractivity contribution in [2.45, 2.75) is 72.4 Å². The first-order valence-corrected chi connectivity index (χ1v) is 18.9. The molecule has 32 heavy (non-hydrogen) atoms.